The van der Waals surface area contributed by atoms with Gasteiger partial charge in [-0.05, 0) is 37.1 Å². The average molecular weight is 469 g/mol. The number of nitrogens with two attached hydrogens (primary N) is 1. The molecule has 178 valence electrons. The Bertz CT molecular complexity index is 1140. The highest BCUT2D eigenvalue weighted by molar-refractivity contribution is 5.73. The molecule has 2 heterocycles. The fourth-order valence-corrected chi connectivity index (χ4v) is 3.89. The molecule has 1 fully saturated rings. The molecule has 1 saturated heterocycles. The van der Waals surface area contributed by atoms with Crippen molar-refractivity contribution < 1.29 is 18.7 Å². The van der Waals surface area contributed by atoms with Crippen molar-refractivity contribution in [2.45, 2.75) is 38.0 Å². The van der Waals surface area contributed by atoms with E-state index in [-0.39, 0.29) is 29.8 Å². The Labute approximate surface area is 195 Å². The van der Waals surface area contributed by atoms with Crippen LogP contribution >= 0.6 is 0 Å². The molecule has 2 aromatic carbocycles. The first kappa shape index (κ1) is 23.5. The quantitative estimate of drug-likeness (QED) is 0.342. The van der Waals surface area contributed by atoms with E-state index in [4.69, 9.17) is 5.73 Å². The third kappa shape index (κ3) is 5.64. The van der Waals surface area contributed by atoms with Crippen molar-refractivity contribution in [2.75, 3.05) is 17.6 Å². The molecule has 2 atom stereocenters. The number of anilines is 2. The number of carboxylic acids is 1. The van der Waals surface area contributed by atoms with Crippen LogP contribution in [0.15, 0.2) is 48.7 Å². The van der Waals surface area contributed by atoms with Crippen molar-refractivity contribution in [2.24, 2.45) is 0 Å². The van der Waals surface area contributed by atoms with Crippen LogP contribution in [0.4, 0.5) is 20.4 Å². The smallest absolute Gasteiger partial charge is 0.320 e. The van der Waals surface area contributed by atoms with Gasteiger partial charge < -0.3 is 26.8 Å². The van der Waals surface area contributed by atoms with E-state index in [9.17, 15) is 18.7 Å². The van der Waals surface area contributed by atoms with E-state index in [1.54, 1.807) is 6.20 Å². The number of halogens is 2. The maximum absolute atomic E-state index is 13.9. The van der Waals surface area contributed by atoms with E-state index in [1.807, 2.05) is 24.3 Å². The van der Waals surface area contributed by atoms with Crippen LogP contribution in [0.1, 0.15) is 24.0 Å². The molecule has 1 aliphatic heterocycles. The van der Waals surface area contributed by atoms with Gasteiger partial charge in [0.1, 0.15) is 17.7 Å². The Balaban J connectivity index is 1.39. The molecule has 34 heavy (non-hydrogen) atoms. The van der Waals surface area contributed by atoms with Crippen molar-refractivity contribution in [3.05, 3.63) is 71.4 Å². The Morgan fingerprint density at radius 3 is 2.59 bits per heavy atom. The van der Waals surface area contributed by atoms with Gasteiger partial charge in [-0.15, -0.1) is 0 Å². The molecular formula is C24H26F2N6O2. The number of nitrogens with one attached hydrogen (secondary N) is 3. The molecule has 0 aliphatic carbocycles. The predicted octanol–water partition coefficient (Wildman–Crippen LogP) is 2.91. The van der Waals surface area contributed by atoms with Gasteiger partial charge in [-0.2, -0.15) is 0 Å². The Hall–Kier alpha value is -3.63. The summed E-state index contributed by atoms with van der Waals surface area (Å²) in [4.78, 5) is 19.8. The molecule has 1 aliphatic rings. The van der Waals surface area contributed by atoms with E-state index in [1.165, 1.54) is 18.2 Å². The number of carboxylic acid groups (broad SMARTS) is 1. The van der Waals surface area contributed by atoms with E-state index < -0.39 is 23.6 Å². The second-order valence-electron chi connectivity index (χ2n) is 8.19. The molecule has 0 radical (unpaired) electrons. The van der Waals surface area contributed by atoms with Crippen LogP contribution in [0.25, 0.3) is 11.3 Å². The van der Waals surface area contributed by atoms with Gasteiger partial charge in [0.15, 0.2) is 11.6 Å². The molecule has 0 spiro atoms. The van der Waals surface area contributed by atoms with Gasteiger partial charge in [0.2, 0.25) is 0 Å². The molecule has 0 bridgehead atoms. The summed E-state index contributed by atoms with van der Waals surface area (Å²) in [5.74, 6) is -1.76. The topological polar surface area (TPSA) is 125 Å². The lowest BCUT2D eigenvalue weighted by molar-refractivity contribution is -0.140. The summed E-state index contributed by atoms with van der Waals surface area (Å²) in [7, 11) is 0. The fraction of sp³-hybridized carbons (Fsp3) is 0.292. The number of hydrogen-bond acceptors (Lipinski definition) is 7. The largest absolute Gasteiger partial charge is 0.480 e. The zero-order valence-electron chi connectivity index (χ0n) is 18.4. The molecule has 3 aromatic rings. The minimum atomic E-state index is -0.826. The number of benzene rings is 2. The molecular weight excluding hydrogens is 442 g/mol. The number of piperidine rings is 1. The maximum atomic E-state index is 13.9. The van der Waals surface area contributed by atoms with E-state index in [0.717, 1.165) is 17.5 Å². The minimum Gasteiger partial charge on any atom is -0.480 e. The van der Waals surface area contributed by atoms with Gasteiger partial charge in [-0.3, -0.25) is 4.79 Å². The first-order valence-corrected chi connectivity index (χ1v) is 11.0. The third-order valence-corrected chi connectivity index (χ3v) is 5.84. The van der Waals surface area contributed by atoms with Crippen LogP contribution in [0, 0.1) is 11.6 Å². The van der Waals surface area contributed by atoms with Crippen LogP contribution in [0.3, 0.4) is 0 Å². The summed E-state index contributed by atoms with van der Waals surface area (Å²) < 4.78 is 27.8. The number of nitrogen functional groups attached to an aromatic ring is 1. The maximum Gasteiger partial charge on any atom is 0.320 e. The molecule has 0 saturated carbocycles. The molecule has 10 heteroatoms. The second kappa shape index (κ2) is 10.5. The lowest BCUT2D eigenvalue weighted by Crippen LogP contribution is -2.49. The molecule has 1 aromatic heterocycles. The average Bonchev–Trinajstić information content (AvgIpc) is 2.84. The lowest BCUT2D eigenvalue weighted by Gasteiger charge is -2.28. The van der Waals surface area contributed by atoms with Crippen molar-refractivity contribution >= 4 is 17.6 Å². The van der Waals surface area contributed by atoms with Gasteiger partial charge in [0.25, 0.3) is 0 Å². The summed E-state index contributed by atoms with van der Waals surface area (Å²) in [5, 5.41) is 18.5. The number of nitrogens with zero attached hydrogens (tertiary/aromatic N) is 2. The van der Waals surface area contributed by atoms with Crippen LogP contribution < -0.4 is 21.7 Å². The second-order valence-corrected chi connectivity index (χ2v) is 8.19. The number of rotatable bonds is 8. The molecule has 8 nitrogen and oxygen atoms in total. The van der Waals surface area contributed by atoms with Gasteiger partial charge >= 0.3 is 5.97 Å². The van der Waals surface area contributed by atoms with Crippen LogP contribution in [-0.2, 0) is 17.9 Å². The monoisotopic (exact) mass is 468 g/mol. The minimum absolute atomic E-state index is 0.102. The standard InChI is InChI=1S/C24H26F2N6O2/c25-18-2-1-3-19(26)17(18)12-31-23-22(27)30-13-21(32-23)15-6-4-14(5-7-15)11-29-16-8-9-28-20(10-16)24(33)34/h1-7,13,16,20,28-29H,8-12H2,(H2,27,30)(H,31,32)(H,33,34)/t16?,20-/m1/s1. The van der Waals surface area contributed by atoms with E-state index in [2.05, 4.69) is 25.9 Å². The van der Waals surface area contributed by atoms with Crippen LogP contribution in [0.2, 0.25) is 0 Å². The van der Waals surface area contributed by atoms with Crippen LogP contribution in [0.5, 0.6) is 0 Å². The summed E-state index contributed by atoms with van der Waals surface area (Å²) in [6.07, 6.45) is 2.95. The molecule has 0 amide bonds. The predicted molar refractivity (Wildman–Crippen MR) is 125 cm³/mol. The first-order valence-electron chi connectivity index (χ1n) is 11.0. The van der Waals surface area contributed by atoms with Gasteiger partial charge in [-0.1, -0.05) is 30.3 Å². The summed E-state index contributed by atoms with van der Waals surface area (Å²) >= 11 is 0. The highest BCUT2D eigenvalue weighted by Gasteiger charge is 2.26. The van der Waals surface area contributed by atoms with Crippen molar-refractivity contribution in [1.82, 2.24) is 20.6 Å². The normalized spacial score (nSPS) is 17.9. The Morgan fingerprint density at radius 1 is 1.15 bits per heavy atom. The summed E-state index contributed by atoms with van der Waals surface area (Å²) in [6.45, 7) is 1.17. The zero-order valence-corrected chi connectivity index (χ0v) is 18.4. The summed E-state index contributed by atoms with van der Waals surface area (Å²) in [5.41, 5.74) is 8.21. The number of aliphatic carboxylic acids is 1. The molecule has 1 unspecified atom stereocenters. The summed E-state index contributed by atoms with van der Waals surface area (Å²) in [6, 6.07) is 11.0. The number of hydrogen-bond donors (Lipinski definition) is 5. The zero-order chi connectivity index (χ0) is 24.1. The fourth-order valence-electron chi connectivity index (χ4n) is 3.89. The van der Waals surface area contributed by atoms with Gasteiger partial charge in [0, 0.05) is 30.3 Å². The number of carbonyl (C=O) groups is 1. The SMILES string of the molecule is Nc1ncc(-c2ccc(CNC3CCN[C@@H](C(=O)O)C3)cc2)nc1NCc1c(F)cccc1F. The van der Waals surface area contributed by atoms with Crippen molar-refractivity contribution in [3.63, 3.8) is 0 Å². The highest BCUT2D eigenvalue weighted by atomic mass is 19.1. The van der Waals surface area contributed by atoms with Gasteiger partial charge in [-0.25, -0.2) is 18.7 Å². The van der Waals surface area contributed by atoms with Gasteiger partial charge in [0.05, 0.1) is 11.9 Å². The van der Waals surface area contributed by atoms with E-state index >= 15 is 0 Å². The molecule has 4 rings (SSSR count). The first-order chi connectivity index (χ1) is 16.4. The number of aromatic nitrogens is 2. The molecule has 6 N–H and O–H groups in total. The van der Waals surface area contributed by atoms with Crippen molar-refractivity contribution in [1.29, 1.82) is 0 Å². The van der Waals surface area contributed by atoms with Crippen molar-refractivity contribution in [3.8, 4) is 11.3 Å². The highest BCUT2D eigenvalue weighted by Crippen LogP contribution is 2.23. The third-order valence-electron chi connectivity index (χ3n) is 5.84. The van der Waals surface area contributed by atoms with Crippen LogP contribution in [-0.4, -0.2) is 39.7 Å². The Morgan fingerprint density at radius 2 is 1.88 bits per heavy atom. The lowest BCUT2D eigenvalue weighted by atomic mass is 9.99. The van der Waals surface area contributed by atoms with E-state index in [0.29, 0.717) is 25.2 Å². The Kier molecular flexibility index (Phi) is 7.29.